The monoisotopic (exact) mass is 203 g/mol. The van der Waals surface area contributed by atoms with Gasteiger partial charge in [0.2, 0.25) is 0 Å². The Morgan fingerprint density at radius 1 is 1.53 bits per heavy atom. The van der Waals surface area contributed by atoms with E-state index in [2.05, 4.69) is 16.1 Å². The van der Waals surface area contributed by atoms with Gasteiger partial charge in [-0.1, -0.05) is 0 Å². The summed E-state index contributed by atoms with van der Waals surface area (Å²) in [6, 6.07) is 2.07. The average Bonchev–Trinajstić information content (AvgIpc) is 2.84. The highest BCUT2D eigenvalue weighted by atomic mass is 16.5. The number of fused-ring (bicyclic) bond motifs is 1. The van der Waals surface area contributed by atoms with E-state index >= 15 is 0 Å². The summed E-state index contributed by atoms with van der Waals surface area (Å²) in [5, 5.41) is 4.21. The predicted octanol–water partition coefficient (Wildman–Crippen LogP) is 1.48. The maximum atomic E-state index is 5.17. The molecular formula is C11H13N3O. The second-order valence-electron chi connectivity index (χ2n) is 4.04. The van der Waals surface area contributed by atoms with Gasteiger partial charge in [0.05, 0.1) is 0 Å². The smallest absolute Gasteiger partial charge is 0.156 e. The van der Waals surface area contributed by atoms with E-state index in [9.17, 15) is 0 Å². The first kappa shape index (κ1) is 8.85. The molecule has 78 valence electrons. The third-order valence-electron chi connectivity index (χ3n) is 3.03. The molecule has 0 spiro atoms. The van der Waals surface area contributed by atoms with Crippen LogP contribution < -0.4 is 0 Å². The molecule has 2 atom stereocenters. The highest BCUT2D eigenvalue weighted by Gasteiger charge is 2.39. The molecule has 3 rings (SSSR count). The zero-order valence-corrected chi connectivity index (χ0v) is 8.63. The third-order valence-corrected chi connectivity index (χ3v) is 3.03. The van der Waals surface area contributed by atoms with Crippen molar-refractivity contribution in [1.29, 1.82) is 0 Å². The fourth-order valence-corrected chi connectivity index (χ4v) is 2.17. The molecule has 4 nitrogen and oxygen atoms in total. The van der Waals surface area contributed by atoms with Crippen LogP contribution in [0.1, 0.15) is 17.9 Å². The number of aromatic nitrogens is 3. The highest BCUT2D eigenvalue weighted by molar-refractivity contribution is 5.50. The van der Waals surface area contributed by atoms with Crippen LogP contribution in [0.2, 0.25) is 0 Å². The van der Waals surface area contributed by atoms with E-state index in [1.165, 1.54) is 12.0 Å². The molecule has 1 fully saturated rings. The molecule has 0 saturated heterocycles. The molecule has 0 aliphatic heterocycles. The molecule has 1 aliphatic rings. The minimum absolute atomic E-state index is 0.609. The Morgan fingerprint density at radius 3 is 3.33 bits per heavy atom. The molecule has 1 aliphatic carbocycles. The summed E-state index contributed by atoms with van der Waals surface area (Å²) in [6.07, 6.45) is 6.72. The molecule has 0 bridgehead atoms. The Hall–Kier alpha value is -1.42. The van der Waals surface area contributed by atoms with Gasteiger partial charge in [0.1, 0.15) is 0 Å². The number of hydrogen-bond donors (Lipinski definition) is 0. The van der Waals surface area contributed by atoms with Gasteiger partial charge in [-0.05, 0) is 24.3 Å². The van der Waals surface area contributed by atoms with E-state index in [-0.39, 0.29) is 0 Å². The number of rotatable bonds is 3. The van der Waals surface area contributed by atoms with Crippen molar-refractivity contribution >= 4 is 5.65 Å². The van der Waals surface area contributed by atoms with E-state index < -0.39 is 0 Å². The van der Waals surface area contributed by atoms with Crippen molar-refractivity contribution < 1.29 is 4.74 Å². The Bertz CT molecular complexity index is 479. The first-order valence-corrected chi connectivity index (χ1v) is 5.17. The van der Waals surface area contributed by atoms with Gasteiger partial charge in [-0.3, -0.25) is 0 Å². The number of hydrogen-bond acceptors (Lipinski definition) is 3. The van der Waals surface area contributed by atoms with Crippen LogP contribution in [0.3, 0.4) is 0 Å². The highest BCUT2D eigenvalue weighted by Crippen LogP contribution is 2.48. The molecule has 0 N–H and O–H groups in total. The van der Waals surface area contributed by atoms with Gasteiger partial charge in [-0.2, -0.15) is 5.10 Å². The van der Waals surface area contributed by atoms with Crippen molar-refractivity contribution in [1.82, 2.24) is 14.6 Å². The molecule has 2 aromatic rings. The van der Waals surface area contributed by atoms with Crippen LogP contribution in [0.4, 0.5) is 0 Å². The standard InChI is InChI=1S/C11H13N3O/c1-15-7-8-6-10(8)9-2-3-13-14-5-4-12-11(9)14/h2-5,8,10H,6-7H2,1H3/t8-,10+/m0/s1. The molecule has 1 saturated carbocycles. The van der Waals surface area contributed by atoms with Crippen LogP contribution in [0.25, 0.3) is 5.65 Å². The first-order valence-electron chi connectivity index (χ1n) is 5.17. The van der Waals surface area contributed by atoms with E-state index in [4.69, 9.17) is 4.74 Å². The molecule has 2 heterocycles. The normalized spacial score (nSPS) is 24.6. The quantitative estimate of drug-likeness (QED) is 0.758. The number of imidazole rings is 1. The van der Waals surface area contributed by atoms with Gasteiger partial charge in [-0.15, -0.1) is 0 Å². The minimum atomic E-state index is 0.609. The third kappa shape index (κ3) is 1.41. The van der Waals surface area contributed by atoms with Crippen LogP contribution in [0, 0.1) is 5.92 Å². The van der Waals surface area contributed by atoms with Crippen molar-refractivity contribution in [3.63, 3.8) is 0 Å². The summed E-state index contributed by atoms with van der Waals surface area (Å²) in [5.74, 6) is 1.27. The summed E-state index contributed by atoms with van der Waals surface area (Å²) in [4.78, 5) is 4.33. The Kier molecular flexibility index (Phi) is 1.95. The molecule has 0 unspecified atom stereocenters. The summed E-state index contributed by atoms with van der Waals surface area (Å²) in [6.45, 7) is 0.847. The summed E-state index contributed by atoms with van der Waals surface area (Å²) < 4.78 is 7.00. The largest absolute Gasteiger partial charge is 0.384 e. The summed E-state index contributed by atoms with van der Waals surface area (Å²) in [5.41, 5.74) is 2.29. The van der Waals surface area contributed by atoms with Crippen LogP contribution in [0.15, 0.2) is 24.7 Å². The van der Waals surface area contributed by atoms with Crippen LogP contribution >= 0.6 is 0 Å². The molecule has 2 aromatic heterocycles. The number of ether oxygens (including phenoxy) is 1. The van der Waals surface area contributed by atoms with Gasteiger partial charge < -0.3 is 4.74 Å². The molecule has 15 heavy (non-hydrogen) atoms. The molecular weight excluding hydrogens is 190 g/mol. The lowest BCUT2D eigenvalue weighted by Gasteiger charge is -2.01. The van der Waals surface area contributed by atoms with Gasteiger partial charge >= 0.3 is 0 Å². The molecule has 0 aromatic carbocycles. The zero-order chi connectivity index (χ0) is 10.3. The van der Waals surface area contributed by atoms with Crippen molar-refractivity contribution in [3.05, 3.63) is 30.2 Å². The zero-order valence-electron chi connectivity index (χ0n) is 8.63. The van der Waals surface area contributed by atoms with Crippen molar-refractivity contribution in [2.75, 3.05) is 13.7 Å². The molecule has 0 amide bonds. The lowest BCUT2D eigenvalue weighted by molar-refractivity contribution is 0.184. The van der Waals surface area contributed by atoms with E-state index in [0.717, 1.165) is 12.3 Å². The maximum Gasteiger partial charge on any atom is 0.156 e. The first-order chi connectivity index (χ1) is 7.40. The predicted molar refractivity (Wildman–Crippen MR) is 55.7 cm³/mol. The van der Waals surface area contributed by atoms with Crippen LogP contribution in [0.5, 0.6) is 0 Å². The second-order valence-corrected chi connectivity index (χ2v) is 4.04. The lowest BCUT2D eigenvalue weighted by atomic mass is 10.1. The number of nitrogens with zero attached hydrogens (tertiary/aromatic N) is 3. The second kappa shape index (κ2) is 3.31. The maximum absolute atomic E-state index is 5.17. The molecule has 4 heteroatoms. The topological polar surface area (TPSA) is 39.4 Å². The Morgan fingerprint density at radius 2 is 2.47 bits per heavy atom. The lowest BCUT2D eigenvalue weighted by Crippen LogP contribution is -1.97. The fourth-order valence-electron chi connectivity index (χ4n) is 2.17. The van der Waals surface area contributed by atoms with E-state index in [1.54, 1.807) is 13.3 Å². The molecule has 0 radical (unpaired) electrons. The van der Waals surface area contributed by atoms with Gasteiger partial charge in [0.15, 0.2) is 5.65 Å². The van der Waals surface area contributed by atoms with E-state index in [1.807, 2.05) is 16.9 Å². The van der Waals surface area contributed by atoms with Crippen LogP contribution in [-0.2, 0) is 4.74 Å². The Balaban J connectivity index is 1.95. The van der Waals surface area contributed by atoms with Crippen molar-refractivity contribution in [3.8, 4) is 0 Å². The minimum Gasteiger partial charge on any atom is -0.384 e. The fraction of sp³-hybridized carbons (Fsp3) is 0.455. The van der Waals surface area contributed by atoms with Gasteiger partial charge in [-0.25, -0.2) is 9.50 Å². The Labute approximate surface area is 87.9 Å². The SMILES string of the molecule is COC[C@@H]1C[C@H]1c1ccnn2ccnc12. The number of methoxy groups -OCH3 is 1. The van der Waals surface area contributed by atoms with Crippen molar-refractivity contribution in [2.24, 2.45) is 5.92 Å². The average molecular weight is 203 g/mol. The van der Waals surface area contributed by atoms with E-state index in [0.29, 0.717) is 11.8 Å². The van der Waals surface area contributed by atoms with Gasteiger partial charge in [0.25, 0.3) is 0 Å². The van der Waals surface area contributed by atoms with Crippen LogP contribution in [-0.4, -0.2) is 28.3 Å². The van der Waals surface area contributed by atoms with Crippen molar-refractivity contribution in [2.45, 2.75) is 12.3 Å². The summed E-state index contributed by atoms with van der Waals surface area (Å²) in [7, 11) is 1.76. The summed E-state index contributed by atoms with van der Waals surface area (Å²) >= 11 is 0. The van der Waals surface area contributed by atoms with Gasteiger partial charge in [0, 0.05) is 37.9 Å².